The Morgan fingerprint density at radius 3 is 2.59 bits per heavy atom. The van der Waals surface area contributed by atoms with E-state index < -0.39 is 16.3 Å². The minimum absolute atomic E-state index is 0.00815. The smallest absolute Gasteiger partial charge is 0.237 e. The molecule has 2 aliphatic rings. The van der Waals surface area contributed by atoms with Crippen molar-refractivity contribution in [1.82, 2.24) is 14.5 Å². The average Bonchev–Trinajstić information content (AvgIpc) is 3.15. The lowest BCUT2D eigenvalue weighted by Gasteiger charge is -2.40. The van der Waals surface area contributed by atoms with Gasteiger partial charge in [-0.2, -0.15) is 0 Å². The van der Waals surface area contributed by atoms with Crippen molar-refractivity contribution in [2.24, 2.45) is 16.5 Å². The van der Waals surface area contributed by atoms with E-state index in [0.717, 1.165) is 29.1 Å². The van der Waals surface area contributed by atoms with Gasteiger partial charge in [-0.1, -0.05) is 0 Å². The minimum atomic E-state index is -1.20. The Bertz CT molecular complexity index is 1130. The van der Waals surface area contributed by atoms with E-state index in [1.807, 2.05) is 56.7 Å². The first kappa shape index (κ1) is 24.4. The van der Waals surface area contributed by atoms with Crippen LogP contribution < -0.4 is 16.2 Å². The third-order valence-electron chi connectivity index (χ3n) is 6.59. The molecule has 10 heteroatoms. The number of amides is 1. The second-order valence-electron chi connectivity index (χ2n) is 9.66. The molecule has 1 atom stereocenters. The highest BCUT2D eigenvalue weighted by Gasteiger charge is 2.36. The van der Waals surface area contributed by atoms with E-state index in [-0.39, 0.29) is 17.2 Å². The fourth-order valence-electron chi connectivity index (χ4n) is 4.44. The number of nitrogens with two attached hydrogens (primary N) is 2. The molecule has 1 aromatic heterocycles. The molecule has 1 fully saturated rings. The molecule has 2 aliphatic heterocycles. The Balaban J connectivity index is 1.58. The SMILES string of the molecule is CC(C)N=C(N)c1cn2c(n1)-c1cc(S(=O)C3CCN(C(C)(C)C(N)=O)CC3)ccc1OCC2. The van der Waals surface area contributed by atoms with Gasteiger partial charge in [-0.3, -0.25) is 18.9 Å². The Labute approximate surface area is 203 Å². The number of aliphatic imine (C=N–C) groups is 1. The van der Waals surface area contributed by atoms with Crippen LogP contribution in [0.4, 0.5) is 0 Å². The number of nitrogens with zero attached hydrogens (tertiary/aromatic N) is 4. The fourth-order valence-corrected chi connectivity index (χ4v) is 5.90. The monoisotopic (exact) mass is 486 g/mol. The highest BCUT2D eigenvalue weighted by Crippen LogP contribution is 2.35. The average molecular weight is 487 g/mol. The summed E-state index contributed by atoms with van der Waals surface area (Å²) in [5.41, 5.74) is 12.5. The number of amidine groups is 1. The van der Waals surface area contributed by atoms with E-state index >= 15 is 0 Å². The number of aromatic nitrogens is 2. The van der Waals surface area contributed by atoms with Crippen molar-refractivity contribution in [2.75, 3.05) is 19.7 Å². The van der Waals surface area contributed by atoms with Crippen LogP contribution in [0.2, 0.25) is 0 Å². The molecule has 9 nitrogen and oxygen atoms in total. The van der Waals surface area contributed by atoms with Gasteiger partial charge in [0.1, 0.15) is 29.7 Å². The normalized spacial score (nSPS) is 18.7. The van der Waals surface area contributed by atoms with Gasteiger partial charge < -0.3 is 20.8 Å². The number of hydrogen-bond acceptors (Lipinski definition) is 6. The summed E-state index contributed by atoms with van der Waals surface area (Å²) in [6.45, 7) is 10.1. The first-order valence-corrected chi connectivity index (χ1v) is 12.9. The summed E-state index contributed by atoms with van der Waals surface area (Å²) >= 11 is 0. The quantitative estimate of drug-likeness (QED) is 0.474. The first-order valence-electron chi connectivity index (χ1n) is 11.7. The molecule has 0 spiro atoms. The molecule has 34 heavy (non-hydrogen) atoms. The molecule has 3 heterocycles. The molecular weight excluding hydrogens is 452 g/mol. The van der Waals surface area contributed by atoms with Gasteiger partial charge in [-0.15, -0.1) is 0 Å². The summed E-state index contributed by atoms with van der Waals surface area (Å²) in [7, 11) is -1.20. The number of rotatable bonds is 6. The van der Waals surface area contributed by atoms with E-state index in [2.05, 4.69) is 9.89 Å². The molecule has 0 bridgehead atoms. The Morgan fingerprint density at radius 1 is 1.24 bits per heavy atom. The maximum absolute atomic E-state index is 13.5. The van der Waals surface area contributed by atoms with Crippen molar-refractivity contribution >= 4 is 22.5 Å². The van der Waals surface area contributed by atoms with E-state index in [0.29, 0.717) is 43.5 Å². The molecule has 0 saturated carbocycles. The number of carbonyl (C=O) groups excluding carboxylic acids is 1. The van der Waals surface area contributed by atoms with Crippen LogP contribution in [0.1, 0.15) is 46.2 Å². The molecule has 1 unspecified atom stereocenters. The lowest BCUT2D eigenvalue weighted by atomic mass is 9.98. The van der Waals surface area contributed by atoms with Crippen molar-refractivity contribution < 1.29 is 13.7 Å². The number of hydrogen-bond donors (Lipinski definition) is 2. The third kappa shape index (κ3) is 4.74. The summed E-state index contributed by atoms with van der Waals surface area (Å²) in [5.74, 6) is 1.52. The Kier molecular flexibility index (Phi) is 6.82. The van der Waals surface area contributed by atoms with Crippen LogP contribution >= 0.6 is 0 Å². The van der Waals surface area contributed by atoms with Gasteiger partial charge in [-0.25, -0.2) is 4.98 Å². The molecule has 0 aliphatic carbocycles. The molecule has 2 aromatic rings. The van der Waals surface area contributed by atoms with Gasteiger partial charge in [-0.05, 0) is 58.7 Å². The van der Waals surface area contributed by atoms with Crippen LogP contribution in [0, 0.1) is 0 Å². The van der Waals surface area contributed by atoms with Gasteiger partial charge in [0, 0.05) is 35.5 Å². The summed E-state index contributed by atoms with van der Waals surface area (Å²) in [6.07, 6.45) is 3.37. The second-order valence-corrected chi connectivity index (χ2v) is 11.4. The van der Waals surface area contributed by atoms with Crippen LogP contribution in [-0.2, 0) is 22.1 Å². The maximum atomic E-state index is 13.5. The Hall–Kier alpha value is -2.72. The minimum Gasteiger partial charge on any atom is -0.491 e. The van der Waals surface area contributed by atoms with Crippen molar-refractivity contribution in [2.45, 2.75) is 68.8 Å². The number of fused-ring (bicyclic) bond motifs is 3. The Morgan fingerprint density at radius 2 is 1.94 bits per heavy atom. The van der Waals surface area contributed by atoms with E-state index in [4.69, 9.17) is 21.2 Å². The van der Waals surface area contributed by atoms with Crippen LogP contribution in [0.3, 0.4) is 0 Å². The predicted octanol–water partition coefficient (Wildman–Crippen LogP) is 1.89. The number of piperidine rings is 1. The molecule has 1 saturated heterocycles. The van der Waals surface area contributed by atoms with Gasteiger partial charge >= 0.3 is 0 Å². The van der Waals surface area contributed by atoms with Crippen LogP contribution in [0.15, 0.2) is 34.3 Å². The topological polar surface area (TPSA) is 129 Å². The standard InChI is InChI=1S/C24H34N6O3S/c1-15(2)27-21(25)19-14-29-11-12-33-20-6-5-17(13-18(20)22(29)28-19)34(32)16-7-9-30(10-8-16)24(3,4)23(26)31/h5-6,13-16H,7-12H2,1-4H3,(H2,25,27)(H2,26,31). The van der Waals surface area contributed by atoms with E-state index in [9.17, 15) is 9.00 Å². The lowest BCUT2D eigenvalue weighted by molar-refractivity contribution is -0.128. The zero-order valence-electron chi connectivity index (χ0n) is 20.3. The number of ether oxygens (including phenoxy) is 1. The van der Waals surface area contributed by atoms with Gasteiger partial charge in [0.15, 0.2) is 0 Å². The molecule has 1 aromatic carbocycles. The van der Waals surface area contributed by atoms with Gasteiger partial charge in [0.05, 0.1) is 28.4 Å². The number of carbonyl (C=O) groups is 1. The lowest BCUT2D eigenvalue weighted by Crippen LogP contribution is -2.56. The van der Waals surface area contributed by atoms with Crippen molar-refractivity contribution in [3.05, 3.63) is 30.1 Å². The first-order chi connectivity index (χ1) is 16.1. The molecular formula is C24H34N6O3S. The summed E-state index contributed by atoms with van der Waals surface area (Å²) in [6, 6.07) is 5.76. The fraction of sp³-hybridized carbons (Fsp3) is 0.542. The molecule has 4 rings (SSSR count). The van der Waals surface area contributed by atoms with Gasteiger partial charge in [0.2, 0.25) is 5.91 Å². The van der Waals surface area contributed by atoms with Gasteiger partial charge in [0.25, 0.3) is 0 Å². The molecule has 1 amide bonds. The summed E-state index contributed by atoms with van der Waals surface area (Å²) in [5, 5.41) is 0.00815. The number of primary amides is 1. The molecule has 184 valence electrons. The number of imidazole rings is 1. The summed E-state index contributed by atoms with van der Waals surface area (Å²) in [4.78, 5) is 23.8. The molecule has 4 N–H and O–H groups in total. The maximum Gasteiger partial charge on any atom is 0.237 e. The van der Waals surface area contributed by atoms with E-state index in [1.165, 1.54) is 0 Å². The zero-order valence-corrected chi connectivity index (χ0v) is 21.1. The number of likely N-dealkylation sites (tertiary alicyclic amines) is 1. The van der Waals surface area contributed by atoms with E-state index in [1.54, 1.807) is 0 Å². The van der Waals surface area contributed by atoms with Crippen LogP contribution in [0.5, 0.6) is 5.75 Å². The molecule has 0 radical (unpaired) electrons. The van der Waals surface area contributed by atoms with Crippen molar-refractivity contribution in [1.29, 1.82) is 0 Å². The number of benzene rings is 1. The summed E-state index contributed by atoms with van der Waals surface area (Å²) < 4.78 is 21.5. The zero-order chi connectivity index (χ0) is 24.6. The second kappa shape index (κ2) is 9.50. The highest BCUT2D eigenvalue weighted by atomic mass is 32.2. The van der Waals surface area contributed by atoms with Crippen molar-refractivity contribution in [3.63, 3.8) is 0 Å². The largest absolute Gasteiger partial charge is 0.491 e. The predicted molar refractivity (Wildman–Crippen MR) is 133 cm³/mol. The van der Waals surface area contributed by atoms with Crippen molar-refractivity contribution in [3.8, 4) is 17.1 Å². The highest BCUT2D eigenvalue weighted by molar-refractivity contribution is 7.85. The third-order valence-corrected chi connectivity index (χ3v) is 8.38. The van der Waals surface area contributed by atoms with Crippen LogP contribution in [-0.4, -0.2) is 66.9 Å². The van der Waals surface area contributed by atoms with Crippen LogP contribution in [0.25, 0.3) is 11.4 Å².